The molecule has 2 heterocycles. The Morgan fingerprint density at radius 2 is 2.11 bits per heavy atom. The number of thiazole rings is 1. The minimum Gasteiger partial charge on any atom is -0.258 e. The standard InChI is InChI=1S/C12H7N3O2S2/c16-15(17)9-3-4-10(19-12-14-6-7-18-12)11-8(9)2-1-5-13-11/h1-7H. The lowest BCUT2D eigenvalue weighted by molar-refractivity contribution is -0.383. The fourth-order valence-corrected chi connectivity index (χ4v) is 3.41. The molecule has 2 aromatic heterocycles. The van der Waals surface area contributed by atoms with Gasteiger partial charge in [0.2, 0.25) is 0 Å². The van der Waals surface area contributed by atoms with E-state index in [4.69, 9.17) is 0 Å². The second-order valence-corrected chi connectivity index (χ2v) is 5.82. The van der Waals surface area contributed by atoms with Gasteiger partial charge in [0, 0.05) is 28.7 Å². The van der Waals surface area contributed by atoms with Gasteiger partial charge < -0.3 is 0 Å². The first-order chi connectivity index (χ1) is 9.25. The fraction of sp³-hybridized carbons (Fsp3) is 0. The van der Waals surface area contributed by atoms with Crippen LogP contribution in [-0.4, -0.2) is 14.9 Å². The third kappa shape index (κ3) is 2.29. The molecule has 0 unspecified atom stereocenters. The largest absolute Gasteiger partial charge is 0.278 e. The molecule has 3 aromatic rings. The second kappa shape index (κ2) is 4.94. The van der Waals surface area contributed by atoms with E-state index in [2.05, 4.69) is 9.97 Å². The highest BCUT2D eigenvalue weighted by molar-refractivity contribution is 8.01. The van der Waals surface area contributed by atoms with Crippen LogP contribution >= 0.6 is 23.1 Å². The van der Waals surface area contributed by atoms with Gasteiger partial charge in [-0.05, 0) is 18.2 Å². The third-order valence-corrected chi connectivity index (χ3v) is 4.45. The van der Waals surface area contributed by atoms with E-state index in [0.29, 0.717) is 10.9 Å². The average Bonchev–Trinajstić information content (AvgIpc) is 2.91. The summed E-state index contributed by atoms with van der Waals surface area (Å²) >= 11 is 2.99. The summed E-state index contributed by atoms with van der Waals surface area (Å²) in [5.74, 6) is 0. The molecule has 19 heavy (non-hydrogen) atoms. The molecule has 0 saturated heterocycles. The van der Waals surface area contributed by atoms with Gasteiger partial charge in [0.25, 0.3) is 5.69 Å². The van der Waals surface area contributed by atoms with Crippen LogP contribution in [0.2, 0.25) is 0 Å². The van der Waals surface area contributed by atoms with Gasteiger partial charge in [-0.15, -0.1) is 11.3 Å². The molecule has 0 N–H and O–H groups in total. The Morgan fingerprint density at radius 1 is 1.21 bits per heavy atom. The maximum atomic E-state index is 11.0. The fourth-order valence-electron chi connectivity index (χ4n) is 1.73. The Labute approximate surface area is 116 Å². The van der Waals surface area contributed by atoms with Crippen molar-refractivity contribution in [3.63, 3.8) is 0 Å². The van der Waals surface area contributed by atoms with Crippen molar-refractivity contribution >= 4 is 39.7 Å². The maximum absolute atomic E-state index is 11.0. The molecule has 0 fully saturated rings. The normalized spacial score (nSPS) is 10.7. The predicted octanol–water partition coefficient (Wildman–Crippen LogP) is 3.75. The molecule has 94 valence electrons. The quantitative estimate of drug-likeness (QED) is 0.542. The number of rotatable bonds is 3. The first-order valence-corrected chi connectivity index (χ1v) is 7.05. The highest BCUT2D eigenvalue weighted by atomic mass is 32.2. The zero-order chi connectivity index (χ0) is 13.2. The molecule has 0 aliphatic carbocycles. The van der Waals surface area contributed by atoms with Gasteiger partial charge in [-0.25, -0.2) is 4.98 Å². The predicted molar refractivity (Wildman–Crippen MR) is 74.6 cm³/mol. The van der Waals surface area contributed by atoms with Crippen LogP contribution in [0, 0.1) is 10.1 Å². The highest BCUT2D eigenvalue weighted by Gasteiger charge is 2.15. The van der Waals surface area contributed by atoms with Gasteiger partial charge in [-0.2, -0.15) is 0 Å². The average molecular weight is 289 g/mol. The summed E-state index contributed by atoms with van der Waals surface area (Å²) in [5.41, 5.74) is 0.712. The zero-order valence-corrected chi connectivity index (χ0v) is 11.1. The third-order valence-electron chi connectivity index (χ3n) is 2.51. The van der Waals surface area contributed by atoms with Crippen LogP contribution in [0.25, 0.3) is 10.9 Å². The van der Waals surface area contributed by atoms with Crippen LogP contribution in [-0.2, 0) is 0 Å². The lowest BCUT2D eigenvalue weighted by atomic mass is 10.2. The molecule has 3 rings (SSSR count). The van der Waals surface area contributed by atoms with E-state index < -0.39 is 0 Å². The molecule has 1 aromatic carbocycles. The van der Waals surface area contributed by atoms with Crippen LogP contribution in [0.15, 0.2) is 51.3 Å². The maximum Gasteiger partial charge on any atom is 0.278 e. The SMILES string of the molecule is O=[N+]([O-])c1ccc(Sc2nccs2)c2ncccc12. The lowest BCUT2D eigenvalue weighted by Crippen LogP contribution is -1.91. The minimum absolute atomic E-state index is 0.0755. The first-order valence-electron chi connectivity index (χ1n) is 5.35. The zero-order valence-electron chi connectivity index (χ0n) is 9.52. The van der Waals surface area contributed by atoms with Crippen molar-refractivity contribution < 1.29 is 4.92 Å². The molecule has 0 amide bonds. The number of non-ortho nitro benzene ring substituents is 1. The van der Waals surface area contributed by atoms with Crippen LogP contribution in [0.5, 0.6) is 0 Å². The monoisotopic (exact) mass is 289 g/mol. The van der Waals surface area contributed by atoms with Crippen LogP contribution in [0.1, 0.15) is 0 Å². The summed E-state index contributed by atoms with van der Waals surface area (Å²) < 4.78 is 0.890. The Balaban J connectivity index is 2.16. The van der Waals surface area contributed by atoms with Crippen molar-refractivity contribution in [3.05, 3.63) is 52.2 Å². The smallest absolute Gasteiger partial charge is 0.258 e. The summed E-state index contributed by atoms with van der Waals surface area (Å²) in [4.78, 5) is 19.9. The van der Waals surface area contributed by atoms with Crippen LogP contribution in [0.3, 0.4) is 0 Å². The van der Waals surface area contributed by atoms with Gasteiger partial charge in [0.15, 0.2) is 4.34 Å². The Hall–Kier alpha value is -1.99. The molecular formula is C12H7N3O2S2. The molecular weight excluding hydrogens is 282 g/mol. The molecule has 7 heteroatoms. The molecule has 0 radical (unpaired) electrons. The van der Waals surface area contributed by atoms with Gasteiger partial charge in [-0.3, -0.25) is 15.1 Å². The summed E-state index contributed by atoms with van der Waals surface area (Å²) in [5, 5.41) is 13.4. The summed E-state index contributed by atoms with van der Waals surface area (Å²) in [7, 11) is 0. The van der Waals surface area contributed by atoms with E-state index in [9.17, 15) is 10.1 Å². The van der Waals surface area contributed by atoms with Gasteiger partial charge >= 0.3 is 0 Å². The molecule has 0 atom stereocenters. The number of hydrogen-bond donors (Lipinski definition) is 0. The number of nitro benzene ring substituents is 1. The van der Waals surface area contributed by atoms with Crippen LogP contribution < -0.4 is 0 Å². The molecule has 0 spiro atoms. The van der Waals surface area contributed by atoms with Crippen molar-refractivity contribution in [1.29, 1.82) is 0 Å². The van der Waals surface area contributed by atoms with E-state index in [1.807, 2.05) is 5.38 Å². The van der Waals surface area contributed by atoms with Gasteiger partial charge in [0.1, 0.15) is 0 Å². The number of fused-ring (bicyclic) bond motifs is 1. The van der Waals surface area contributed by atoms with Crippen LogP contribution in [0.4, 0.5) is 5.69 Å². The van der Waals surface area contributed by atoms with E-state index in [-0.39, 0.29) is 10.6 Å². The number of nitrogens with zero attached hydrogens (tertiary/aromatic N) is 3. The van der Waals surface area contributed by atoms with E-state index in [1.54, 1.807) is 30.6 Å². The Bertz CT molecular complexity index is 744. The van der Waals surface area contributed by atoms with E-state index in [0.717, 1.165) is 9.24 Å². The van der Waals surface area contributed by atoms with Gasteiger partial charge in [-0.1, -0.05) is 11.8 Å². The van der Waals surface area contributed by atoms with Crippen molar-refractivity contribution in [2.45, 2.75) is 9.24 Å². The van der Waals surface area contributed by atoms with E-state index >= 15 is 0 Å². The van der Waals surface area contributed by atoms with E-state index in [1.165, 1.54) is 29.2 Å². The molecule has 0 saturated carbocycles. The molecule has 5 nitrogen and oxygen atoms in total. The lowest BCUT2D eigenvalue weighted by Gasteiger charge is -2.04. The van der Waals surface area contributed by atoms with Crippen molar-refractivity contribution in [1.82, 2.24) is 9.97 Å². The number of aromatic nitrogens is 2. The van der Waals surface area contributed by atoms with Crippen molar-refractivity contribution in [3.8, 4) is 0 Å². The molecule has 0 aliphatic rings. The summed E-state index contributed by atoms with van der Waals surface area (Å²) in [6.45, 7) is 0. The van der Waals surface area contributed by atoms with Gasteiger partial charge in [0.05, 0.1) is 15.8 Å². The van der Waals surface area contributed by atoms with Crippen molar-refractivity contribution in [2.75, 3.05) is 0 Å². The molecule has 0 bridgehead atoms. The number of nitro groups is 1. The Morgan fingerprint density at radius 3 is 2.84 bits per heavy atom. The highest BCUT2D eigenvalue weighted by Crippen LogP contribution is 2.36. The topological polar surface area (TPSA) is 68.9 Å². The summed E-state index contributed by atoms with van der Waals surface area (Å²) in [6.07, 6.45) is 3.37. The number of hydrogen-bond acceptors (Lipinski definition) is 6. The Kier molecular flexibility index (Phi) is 3.14. The first kappa shape index (κ1) is 12.1. The molecule has 0 aliphatic heterocycles. The number of pyridine rings is 1. The summed E-state index contributed by atoms with van der Waals surface area (Å²) in [6, 6.07) is 6.65. The number of benzene rings is 1. The minimum atomic E-state index is -0.387. The van der Waals surface area contributed by atoms with Crippen molar-refractivity contribution in [2.24, 2.45) is 0 Å². The second-order valence-electron chi connectivity index (χ2n) is 3.64.